The van der Waals surface area contributed by atoms with Crippen LogP contribution in [0, 0.1) is 17.0 Å². The van der Waals surface area contributed by atoms with Crippen molar-refractivity contribution < 1.29 is 31.9 Å². The van der Waals surface area contributed by atoms with E-state index < -0.39 is 31.8 Å². The number of hydrogen-bond donors (Lipinski definition) is 2. The van der Waals surface area contributed by atoms with E-state index in [2.05, 4.69) is 5.10 Å². The minimum absolute atomic E-state index is 0.00497. The zero-order valence-corrected chi connectivity index (χ0v) is 16.5. The molecule has 0 aliphatic rings. The zero-order chi connectivity index (χ0) is 22.5. The molecule has 12 nitrogen and oxygen atoms in total. The summed E-state index contributed by atoms with van der Waals surface area (Å²) in [5.74, 6) is -2.50. The van der Waals surface area contributed by atoms with Crippen LogP contribution in [0.3, 0.4) is 0 Å². The minimum Gasteiger partial charge on any atom is -0.493 e. The third-order valence-electron chi connectivity index (χ3n) is 3.66. The maximum Gasteiger partial charge on any atom is 0.339 e. The Balaban J connectivity index is 2.28. The van der Waals surface area contributed by atoms with Crippen LogP contribution in [0.15, 0.2) is 46.4 Å². The predicted molar refractivity (Wildman–Crippen MR) is 104 cm³/mol. The van der Waals surface area contributed by atoms with Crippen molar-refractivity contribution >= 4 is 33.8 Å². The lowest BCUT2D eigenvalue weighted by atomic mass is 10.2. The molecule has 13 heteroatoms. The number of ether oxygens (including phenoxy) is 1. The molecule has 2 aromatic carbocycles. The normalized spacial score (nSPS) is 11.1. The topological polar surface area (TPSA) is 180 Å². The molecule has 0 spiro atoms. The summed E-state index contributed by atoms with van der Waals surface area (Å²) in [6, 6.07) is 7.39. The fourth-order valence-electron chi connectivity index (χ4n) is 2.16. The van der Waals surface area contributed by atoms with E-state index in [1.54, 1.807) is 0 Å². The molecule has 0 saturated carbocycles. The fraction of sp³-hybridized carbons (Fsp3) is 0.118. The van der Waals surface area contributed by atoms with Crippen molar-refractivity contribution in [2.75, 3.05) is 7.11 Å². The average Bonchev–Trinajstić information content (AvgIpc) is 2.68. The van der Waals surface area contributed by atoms with Gasteiger partial charge in [-0.3, -0.25) is 19.7 Å². The lowest BCUT2D eigenvalue weighted by Gasteiger charge is -2.11. The molecule has 0 aliphatic carbocycles. The van der Waals surface area contributed by atoms with Crippen molar-refractivity contribution in [1.29, 1.82) is 0 Å². The highest BCUT2D eigenvalue weighted by molar-refractivity contribution is 7.87. The number of carbonyl (C=O) groups is 2. The van der Waals surface area contributed by atoms with Crippen molar-refractivity contribution in [3.8, 4) is 11.5 Å². The van der Waals surface area contributed by atoms with Crippen molar-refractivity contribution in [1.82, 2.24) is 5.43 Å². The van der Waals surface area contributed by atoms with Crippen LogP contribution < -0.4 is 20.1 Å². The molecule has 0 radical (unpaired) electrons. The van der Waals surface area contributed by atoms with E-state index in [4.69, 9.17) is 14.7 Å². The van der Waals surface area contributed by atoms with Crippen LogP contribution in [0.2, 0.25) is 0 Å². The Morgan fingerprint density at radius 2 is 1.90 bits per heavy atom. The summed E-state index contributed by atoms with van der Waals surface area (Å²) in [6.45, 7) is 1.48. The number of nitrogens with one attached hydrogen (secondary N) is 1. The number of nitrogens with zero attached hydrogens (tertiary/aromatic N) is 2. The highest BCUT2D eigenvalue weighted by atomic mass is 32.2. The van der Waals surface area contributed by atoms with E-state index in [1.165, 1.54) is 44.4 Å². The molecule has 2 rings (SSSR count). The van der Waals surface area contributed by atoms with Gasteiger partial charge in [0.05, 0.1) is 18.2 Å². The van der Waals surface area contributed by atoms with Crippen molar-refractivity contribution in [2.45, 2.75) is 11.8 Å². The molecule has 0 atom stereocenters. The van der Waals surface area contributed by atoms with Gasteiger partial charge in [0.15, 0.2) is 11.5 Å². The second-order valence-corrected chi connectivity index (χ2v) is 7.26. The van der Waals surface area contributed by atoms with Gasteiger partial charge in [-0.15, -0.1) is 0 Å². The number of nitro benzene ring substituents is 1. The summed E-state index contributed by atoms with van der Waals surface area (Å²) in [4.78, 5) is 31.6. The lowest BCUT2D eigenvalue weighted by molar-refractivity contribution is -0.385. The molecule has 0 aromatic heterocycles. The summed E-state index contributed by atoms with van der Waals surface area (Å²) in [6.07, 6.45) is 1.16. The van der Waals surface area contributed by atoms with Crippen LogP contribution in [0.25, 0.3) is 0 Å². The largest absolute Gasteiger partial charge is 0.493 e. The van der Waals surface area contributed by atoms with E-state index in [0.717, 1.165) is 12.3 Å². The number of amides is 2. The molecule has 3 N–H and O–H groups in total. The Bertz CT molecular complexity index is 1140. The second-order valence-electron chi connectivity index (χ2n) is 5.72. The Morgan fingerprint density at radius 1 is 1.20 bits per heavy atom. The van der Waals surface area contributed by atoms with Crippen molar-refractivity contribution in [3.05, 3.63) is 57.6 Å². The lowest BCUT2D eigenvalue weighted by Crippen LogP contribution is -2.32. The summed E-state index contributed by atoms with van der Waals surface area (Å²) < 4.78 is 35.2. The Labute approximate surface area is 170 Å². The standard InChI is InChI=1S/C17H16N4O8S/c1-10-3-5-12(8-13(10)21(24)25)30(26,27)29-14-6-4-11(7-15(14)28-2)9-19-20-17(23)16(18)22/h3-9H,1-2H3,(H2,18,22)(H,20,23)/b19-9-. The number of benzene rings is 2. The smallest absolute Gasteiger partial charge is 0.339 e. The first-order chi connectivity index (χ1) is 14.0. The molecular formula is C17H16N4O8S. The van der Waals surface area contributed by atoms with Crippen LogP contribution in [0.1, 0.15) is 11.1 Å². The predicted octanol–water partition coefficient (Wildman–Crippen LogP) is 0.615. The number of carbonyl (C=O) groups excluding carboxylic acids is 2. The number of primary amides is 1. The molecule has 2 amide bonds. The number of aryl methyl sites for hydroxylation is 1. The molecule has 0 fully saturated rings. The molecular weight excluding hydrogens is 420 g/mol. The van der Waals surface area contributed by atoms with Crippen molar-refractivity contribution in [2.24, 2.45) is 10.8 Å². The number of rotatable bonds is 7. The van der Waals surface area contributed by atoms with Gasteiger partial charge in [-0.2, -0.15) is 13.5 Å². The van der Waals surface area contributed by atoms with E-state index in [-0.39, 0.29) is 17.2 Å². The fourth-order valence-corrected chi connectivity index (χ4v) is 3.12. The second kappa shape index (κ2) is 9.00. The van der Waals surface area contributed by atoms with Crippen LogP contribution >= 0.6 is 0 Å². The molecule has 158 valence electrons. The molecule has 0 unspecified atom stereocenters. The van der Waals surface area contributed by atoms with Crippen LogP contribution in [-0.4, -0.2) is 38.5 Å². The molecule has 30 heavy (non-hydrogen) atoms. The highest BCUT2D eigenvalue weighted by Gasteiger charge is 2.23. The van der Waals surface area contributed by atoms with Gasteiger partial charge in [0.2, 0.25) is 0 Å². The quantitative estimate of drug-likeness (QED) is 0.208. The summed E-state index contributed by atoms with van der Waals surface area (Å²) in [5, 5.41) is 14.6. The molecule has 0 bridgehead atoms. The number of nitro groups is 1. The zero-order valence-electron chi connectivity index (χ0n) is 15.7. The van der Waals surface area contributed by atoms with Crippen molar-refractivity contribution in [3.63, 3.8) is 0 Å². The first-order valence-electron chi connectivity index (χ1n) is 8.05. The van der Waals surface area contributed by atoms with Gasteiger partial charge in [0, 0.05) is 11.6 Å². The summed E-state index contributed by atoms with van der Waals surface area (Å²) in [5.41, 5.74) is 6.96. The van der Waals surface area contributed by atoms with Gasteiger partial charge in [-0.05, 0) is 36.8 Å². The van der Waals surface area contributed by atoms with Gasteiger partial charge >= 0.3 is 21.9 Å². The third-order valence-corrected chi connectivity index (χ3v) is 4.89. The van der Waals surface area contributed by atoms with Gasteiger partial charge in [-0.1, -0.05) is 6.07 Å². The third kappa shape index (κ3) is 5.29. The SMILES string of the molecule is COc1cc(/C=N\NC(=O)C(N)=O)ccc1OS(=O)(=O)c1ccc(C)c([N+](=O)[O-])c1. The monoisotopic (exact) mass is 436 g/mol. The number of nitrogens with two attached hydrogens (primary N) is 1. The molecule has 0 saturated heterocycles. The summed E-state index contributed by atoms with van der Waals surface area (Å²) in [7, 11) is -3.13. The maximum atomic E-state index is 12.5. The first kappa shape index (κ1) is 22.3. The van der Waals surface area contributed by atoms with E-state index in [9.17, 15) is 28.1 Å². The van der Waals surface area contributed by atoms with Gasteiger partial charge < -0.3 is 14.7 Å². The average molecular weight is 436 g/mol. The van der Waals surface area contributed by atoms with E-state index >= 15 is 0 Å². The van der Waals surface area contributed by atoms with Crippen LogP contribution in [0.4, 0.5) is 5.69 Å². The van der Waals surface area contributed by atoms with E-state index in [0.29, 0.717) is 11.1 Å². The van der Waals surface area contributed by atoms with Gasteiger partial charge in [0.1, 0.15) is 4.90 Å². The Kier molecular flexibility index (Phi) is 6.69. The van der Waals surface area contributed by atoms with E-state index in [1.807, 2.05) is 5.43 Å². The van der Waals surface area contributed by atoms with Crippen LogP contribution in [0.5, 0.6) is 11.5 Å². The van der Waals surface area contributed by atoms with Crippen LogP contribution in [-0.2, 0) is 19.7 Å². The summed E-state index contributed by atoms with van der Waals surface area (Å²) >= 11 is 0. The Morgan fingerprint density at radius 3 is 2.50 bits per heavy atom. The Hall–Kier alpha value is -4.00. The van der Waals surface area contributed by atoms with Gasteiger partial charge in [-0.25, -0.2) is 5.43 Å². The highest BCUT2D eigenvalue weighted by Crippen LogP contribution is 2.31. The molecule has 0 aliphatic heterocycles. The van der Waals surface area contributed by atoms with Gasteiger partial charge in [0.25, 0.3) is 5.69 Å². The molecule has 2 aromatic rings. The molecule has 0 heterocycles. The number of hydrazone groups is 1. The maximum absolute atomic E-state index is 12.5. The number of methoxy groups -OCH3 is 1. The minimum atomic E-state index is -4.40. The number of hydrogen-bond acceptors (Lipinski definition) is 9. The first-order valence-corrected chi connectivity index (χ1v) is 9.46.